The first-order valence-corrected chi connectivity index (χ1v) is 7.79. The minimum Gasteiger partial charge on any atom is -0.493 e. The first-order chi connectivity index (χ1) is 9.59. The number of benzene rings is 1. The fourth-order valence-corrected chi connectivity index (χ4v) is 3.64. The molecule has 2 aliphatic rings. The van der Waals surface area contributed by atoms with Crippen molar-refractivity contribution in [1.82, 2.24) is 4.90 Å². The van der Waals surface area contributed by atoms with Crippen molar-refractivity contribution < 1.29 is 4.74 Å². The Balaban J connectivity index is 1.82. The molecule has 0 aliphatic carbocycles. The second-order valence-corrected chi connectivity index (χ2v) is 6.96. The molecule has 1 unspecified atom stereocenters. The van der Waals surface area contributed by atoms with Crippen LogP contribution in [0.4, 0.5) is 0 Å². The first kappa shape index (κ1) is 13.9. The summed E-state index contributed by atoms with van der Waals surface area (Å²) in [5, 5.41) is 0. The Bertz CT molecular complexity index is 484. The molecule has 1 fully saturated rings. The van der Waals surface area contributed by atoms with Crippen molar-refractivity contribution in [3.05, 3.63) is 29.3 Å². The highest BCUT2D eigenvalue weighted by Gasteiger charge is 2.31. The molecule has 3 nitrogen and oxygen atoms in total. The minimum atomic E-state index is 0.348. The molecule has 0 bridgehead atoms. The Labute approximate surface area is 122 Å². The van der Waals surface area contributed by atoms with E-state index in [1.807, 2.05) is 0 Å². The summed E-state index contributed by atoms with van der Waals surface area (Å²) in [4.78, 5) is 2.57. The summed E-state index contributed by atoms with van der Waals surface area (Å²) in [6, 6.07) is 6.97. The molecule has 2 heterocycles. The summed E-state index contributed by atoms with van der Waals surface area (Å²) in [6.07, 6.45) is 3.63. The number of nitrogens with zero attached hydrogens (tertiary/aromatic N) is 1. The summed E-state index contributed by atoms with van der Waals surface area (Å²) < 4.78 is 5.60. The van der Waals surface area contributed by atoms with E-state index in [4.69, 9.17) is 10.5 Å². The largest absolute Gasteiger partial charge is 0.493 e. The Kier molecular flexibility index (Phi) is 3.74. The average Bonchev–Trinajstić information content (AvgIpc) is 2.86. The molecule has 1 aromatic rings. The molecule has 3 heteroatoms. The Hall–Kier alpha value is -1.06. The minimum absolute atomic E-state index is 0.348. The zero-order valence-electron chi connectivity index (χ0n) is 12.7. The summed E-state index contributed by atoms with van der Waals surface area (Å²) in [5.74, 6) is 1.06. The fourth-order valence-electron chi connectivity index (χ4n) is 3.64. The maximum Gasteiger partial charge on any atom is 0.122 e. The van der Waals surface area contributed by atoms with Crippen LogP contribution in [0.5, 0.6) is 5.75 Å². The Morgan fingerprint density at radius 2 is 2.25 bits per heavy atom. The molecule has 1 saturated heterocycles. The van der Waals surface area contributed by atoms with Crippen molar-refractivity contribution in [1.29, 1.82) is 0 Å². The molecule has 20 heavy (non-hydrogen) atoms. The van der Waals surface area contributed by atoms with E-state index in [1.165, 1.54) is 30.5 Å². The van der Waals surface area contributed by atoms with Crippen LogP contribution in [-0.4, -0.2) is 31.1 Å². The van der Waals surface area contributed by atoms with E-state index in [-0.39, 0.29) is 0 Å². The standard InChI is InChI=1S/C17H26N2O/c1-17(2)7-3-8-19(12-17)15(11-18)13-4-5-16-14(10-13)6-9-20-16/h4-5,10,15H,3,6-9,11-12,18H2,1-2H3. The molecule has 110 valence electrons. The van der Waals surface area contributed by atoms with Crippen LogP contribution in [0.1, 0.15) is 43.9 Å². The van der Waals surface area contributed by atoms with Gasteiger partial charge in [-0.25, -0.2) is 0 Å². The zero-order chi connectivity index (χ0) is 14.2. The van der Waals surface area contributed by atoms with E-state index in [2.05, 4.69) is 36.9 Å². The van der Waals surface area contributed by atoms with Gasteiger partial charge in [0.2, 0.25) is 0 Å². The second kappa shape index (κ2) is 5.38. The lowest BCUT2D eigenvalue weighted by Gasteiger charge is -2.42. The van der Waals surface area contributed by atoms with Crippen molar-refractivity contribution in [2.75, 3.05) is 26.2 Å². The number of hydrogen-bond acceptors (Lipinski definition) is 3. The molecule has 0 aromatic heterocycles. The van der Waals surface area contributed by atoms with Gasteiger partial charge in [0, 0.05) is 25.6 Å². The third kappa shape index (κ3) is 2.70. The number of rotatable bonds is 3. The molecule has 2 aliphatic heterocycles. The van der Waals surface area contributed by atoms with E-state index < -0.39 is 0 Å². The Morgan fingerprint density at radius 1 is 1.40 bits per heavy atom. The topological polar surface area (TPSA) is 38.5 Å². The second-order valence-electron chi connectivity index (χ2n) is 6.96. The number of ether oxygens (including phenoxy) is 1. The molecular formula is C17H26N2O. The lowest BCUT2D eigenvalue weighted by atomic mass is 9.83. The van der Waals surface area contributed by atoms with E-state index in [9.17, 15) is 0 Å². The van der Waals surface area contributed by atoms with Crippen LogP contribution in [0.3, 0.4) is 0 Å². The SMILES string of the molecule is CC1(C)CCCN(C(CN)c2ccc3c(c2)CCO3)C1. The predicted molar refractivity (Wildman–Crippen MR) is 82.0 cm³/mol. The third-order valence-corrected chi connectivity index (χ3v) is 4.69. The molecule has 1 aromatic carbocycles. The van der Waals surface area contributed by atoms with Gasteiger partial charge in [-0.05, 0) is 42.0 Å². The highest BCUT2D eigenvalue weighted by molar-refractivity contribution is 5.41. The number of piperidine rings is 1. The van der Waals surface area contributed by atoms with Crippen molar-refractivity contribution in [2.45, 2.75) is 39.2 Å². The van der Waals surface area contributed by atoms with Gasteiger partial charge in [-0.15, -0.1) is 0 Å². The zero-order valence-corrected chi connectivity index (χ0v) is 12.7. The highest BCUT2D eigenvalue weighted by Crippen LogP contribution is 2.35. The van der Waals surface area contributed by atoms with Crippen molar-refractivity contribution >= 4 is 0 Å². The van der Waals surface area contributed by atoms with Crippen LogP contribution in [0.15, 0.2) is 18.2 Å². The number of likely N-dealkylation sites (tertiary alicyclic amines) is 1. The summed E-state index contributed by atoms with van der Waals surface area (Å²) in [5.41, 5.74) is 9.21. The molecule has 0 spiro atoms. The average molecular weight is 274 g/mol. The molecule has 0 saturated carbocycles. The predicted octanol–water partition coefficient (Wildman–Crippen LogP) is 2.74. The summed E-state index contributed by atoms with van der Waals surface area (Å²) >= 11 is 0. The number of hydrogen-bond donors (Lipinski definition) is 1. The van der Waals surface area contributed by atoms with Crippen molar-refractivity contribution in [3.8, 4) is 5.75 Å². The van der Waals surface area contributed by atoms with E-state index in [0.717, 1.165) is 25.3 Å². The first-order valence-electron chi connectivity index (χ1n) is 7.79. The maximum absolute atomic E-state index is 6.10. The van der Waals surface area contributed by atoms with Gasteiger partial charge in [-0.3, -0.25) is 4.90 Å². The monoisotopic (exact) mass is 274 g/mol. The van der Waals surface area contributed by atoms with Gasteiger partial charge in [0.15, 0.2) is 0 Å². The summed E-state index contributed by atoms with van der Waals surface area (Å²) in [7, 11) is 0. The Morgan fingerprint density at radius 3 is 3.00 bits per heavy atom. The normalized spacial score (nSPS) is 23.1. The van der Waals surface area contributed by atoms with Crippen molar-refractivity contribution in [3.63, 3.8) is 0 Å². The quantitative estimate of drug-likeness (QED) is 0.921. The lowest BCUT2D eigenvalue weighted by Crippen LogP contribution is -2.44. The van der Waals surface area contributed by atoms with Gasteiger partial charge in [0.1, 0.15) is 5.75 Å². The van der Waals surface area contributed by atoms with Gasteiger partial charge in [-0.2, -0.15) is 0 Å². The number of fused-ring (bicyclic) bond motifs is 1. The summed E-state index contributed by atoms with van der Waals surface area (Å²) in [6.45, 7) is 8.55. The van der Waals surface area contributed by atoms with Crippen LogP contribution in [0.25, 0.3) is 0 Å². The van der Waals surface area contributed by atoms with Crippen molar-refractivity contribution in [2.24, 2.45) is 11.1 Å². The van der Waals surface area contributed by atoms with Gasteiger partial charge < -0.3 is 10.5 Å². The lowest BCUT2D eigenvalue weighted by molar-refractivity contribution is 0.0806. The molecule has 0 radical (unpaired) electrons. The number of nitrogens with two attached hydrogens (primary N) is 1. The maximum atomic E-state index is 6.10. The van der Waals surface area contributed by atoms with Gasteiger partial charge >= 0.3 is 0 Å². The van der Waals surface area contributed by atoms with Crippen LogP contribution < -0.4 is 10.5 Å². The van der Waals surface area contributed by atoms with Crippen LogP contribution >= 0.6 is 0 Å². The molecule has 2 N–H and O–H groups in total. The third-order valence-electron chi connectivity index (χ3n) is 4.69. The van der Waals surface area contributed by atoms with Crippen LogP contribution in [0.2, 0.25) is 0 Å². The molecule has 3 rings (SSSR count). The molecule has 1 atom stereocenters. The van der Waals surface area contributed by atoms with Gasteiger partial charge in [0.25, 0.3) is 0 Å². The van der Waals surface area contributed by atoms with Gasteiger partial charge in [0.05, 0.1) is 6.61 Å². The molecular weight excluding hydrogens is 248 g/mol. The molecule has 0 amide bonds. The van der Waals surface area contributed by atoms with Crippen LogP contribution in [-0.2, 0) is 6.42 Å². The van der Waals surface area contributed by atoms with Crippen LogP contribution in [0, 0.1) is 5.41 Å². The highest BCUT2D eigenvalue weighted by atomic mass is 16.5. The fraction of sp³-hybridized carbons (Fsp3) is 0.647. The smallest absolute Gasteiger partial charge is 0.122 e. The van der Waals surface area contributed by atoms with Gasteiger partial charge in [-0.1, -0.05) is 26.0 Å². The van der Waals surface area contributed by atoms with E-state index >= 15 is 0 Å². The van der Waals surface area contributed by atoms with E-state index in [0.29, 0.717) is 18.0 Å². The van der Waals surface area contributed by atoms with E-state index in [1.54, 1.807) is 0 Å².